The van der Waals surface area contributed by atoms with Crippen LogP contribution in [0.3, 0.4) is 0 Å². The Balaban J connectivity index is 4.38. The molecule has 0 spiro atoms. The number of esters is 1. The van der Waals surface area contributed by atoms with Crippen molar-refractivity contribution >= 4 is 11.9 Å². The first kappa shape index (κ1) is 20.9. The molecule has 1 atom stereocenters. The number of rotatable bonds is 11. The fourth-order valence-electron chi connectivity index (χ4n) is 1.99. The van der Waals surface area contributed by atoms with Gasteiger partial charge in [0.25, 0.3) is 0 Å². The summed E-state index contributed by atoms with van der Waals surface area (Å²) >= 11 is 0. The Hall–Kier alpha value is -1.14. The largest absolute Gasteiger partial charge is 0.458 e. The van der Waals surface area contributed by atoms with E-state index in [0.29, 0.717) is 25.9 Å². The van der Waals surface area contributed by atoms with E-state index >= 15 is 0 Å². The average Bonchev–Trinajstić information content (AvgIpc) is 2.41. The maximum Gasteiger partial charge on any atom is 0.329 e. The van der Waals surface area contributed by atoms with E-state index in [-0.39, 0.29) is 11.9 Å². The second-order valence-electron chi connectivity index (χ2n) is 6.54. The van der Waals surface area contributed by atoms with Crippen LogP contribution in [-0.4, -0.2) is 36.6 Å². The number of hydrogen-bond donors (Lipinski definition) is 3. The van der Waals surface area contributed by atoms with E-state index in [1.807, 2.05) is 20.8 Å². The lowest BCUT2D eigenvalue weighted by Gasteiger charge is -2.24. The number of carbonyl (C=O) groups is 2. The Morgan fingerprint density at radius 2 is 1.59 bits per heavy atom. The first-order chi connectivity index (χ1) is 10.3. The molecule has 0 aliphatic carbocycles. The van der Waals surface area contributed by atoms with Crippen molar-refractivity contribution < 1.29 is 14.3 Å². The smallest absolute Gasteiger partial charge is 0.329 e. The number of hydrogen-bond acceptors (Lipinski definition) is 5. The standard InChI is InChI=1S/C16H33N3O3/c1-16(2,3)22-15(21)13(9-6-8-12-18)19-14(20)10-5-4-7-11-17/h13H,4-12,17-18H2,1-3H3,(H,19,20). The summed E-state index contributed by atoms with van der Waals surface area (Å²) in [4.78, 5) is 24.1. The molecule has 0 aromatic rings. The number of carbonyl (C=O) groups excluding carboxylic acids is 2. The predicted octanol–water partition coefficient (Wildman–Crippen LogP) is 1.46. The van der Waals surface area contributed by atoms with Gasteiger partial charge in [-0.3, -0.25) is 4.79 Å². The van der Waals surface area contributed by atoms with Crippen LogP contribution >= 0.6 is 0 Å². The molecule has 1 unspecified atom stereocenters. The van der Waals surface area contributed by atoms with Gasteiger partial charge < -0.3 is 21.5 Å². The molecular formula is C16H33N3O3. The van der Waals surface area contributed by atoms with Crippen molar-refractivity contribution in [2.75, 3.05) is 13.1 Å². The van der Waals surface area contributed by atoms with Crippen molar-refractivity contribution in [3.63, 3.8) is 0 Å². The first-order valence-corrected chi connectivity index (χ1v) is 8.22. The summed E-state index contributed by atoms with van der Waals surface area (Å²) in [5, 5.41) is 2.79. The van der Waals surface area contributed by atoms with E-state index in [1.165, 1.54) is 0 Å². The molecule has 6 nitrogen and oxygen atoms in total. The molecule has 0 rings (SSSR count). The molecule has 0 aliphatic heterocycles. The Labute approximate surface area is 134 Å². The molecule has 0 fully saturated rings. The summed E-state index contributed by atoms with van der Waals surface area (Å²) < 4.78 is 5.37. The van der Waals surface area contributed by atoms with Crippen LogP contribution in [0.4, 0.5) is 0 Å². The van der Waals surface area contributed by atoms with E-state index in [0.717, 1.165) is 32.1 Å². The van der Waals surface area contributed by atoms with Crippen molar-refractivity contribution in [2.45, 2.75) is 77.4 Å². The highest BCUT2D eigenvalue weighted by Gasteiger charge is 2.26. The lowest BCUT2D eigenvalue weighted by atomic mass is 10.1. The number of nitrogens with one attached hydrogen (secondary N) is 1. The molecular weight excluding hydrogens is 282 g/mol. The summed E-state index contributed by atoms with van der Waals surface area (Å²) in [7, 11) is 0. The molecule has 0 aromatic heterocycles. The van der Waals surface area contributed by atoms with Crippen LogP contribution in [0.1, 0.15) is 65.7 Å². The molecule has 0 heterocycles. The van der Waals surface area contributed by atoms with Crippen LogP contribution in [-0.2, 0) is 14.3 Å². The second kappa shape index (κ2) is 11.4. The Kier molecular flexibility index (Phi) is 10.8. The van der Waals surface area contributed by atoms with Crippen LogP contribution in [0.2, 0.25) is 0 Å². The highest BCUT2D eigenvalue weighted by molar-refractivity contribution is 5.84. The summed E-state index contributed by atoms with van der Waals surface area (Å²) in [6.07, 6.45) is 5.21. The van der Waals surface area contributed by atoms with Gasteiger partial charge in [-0.2, -0.15) is 0 Å². The highest BCUT2D eigenvalue weighted by Crippen LogP contribution is 2.12. The van der Waals surface area contributed by atoms with Crippen LogP contribution in [0.25, 0.3) is 0 Å². The monoisotopic (exact) mass is 315 g/mol. The van der Waals surface area contributed by atoms with E-state index in [2.05, 4.69) is 5.32 Å². The van der Waals surface area contributed by atoms with Crippen LogP contribution < -0.4 is 16.8 Å². The van der Waals surface area contributed by atoms with Gasteiger partial charge in [-0.15, -0.1) is 0 Å². The minimum absolute atomic E-state index is 0.111. The van der Waals surface area contributed by atoms with Crippen LogP contribution in [0.15, 0.2) is 0 Å². The summed E-state index contributed by atoms with van der Waals surface area (Å²) in [6.45, 7) is 6.67. The van der Waals surface area contributed by atoms with Gasteiger partial charge in [0.2, 0.25) is 5.91 Å². The van der Waals surface area contributed by atoms with Crippen molar-refractivity contribution in [3.05, 3.63) is 0 Å². The minimum atomic E-state index is -0.590. The fraction of sp³-hybridized carbons (Fsp3) is 0.875. The third kappa shape index (κ3) is 11.5. The molecule has 1 amide bonds. The van der Waals surface area contributed by atoms with E-state index in [1.54, 1.807) is 0 Å². The molecule has 6 heteroatoms. The third-order valence-electron chi connectivity index (χ3n) is 3.08. The lowest BCUT2D eigenvalue weighted by molar-refractivity contribution is -0.158. The van der Waals surface area contributed by atoms with Gasteiger partial charge in [-0.25, -0.2) is 4.79 Å². The second-order valence-corrected chi connectivity index (χ2v) is 6.54. The topological polar surface area (TPSA) is 107 Å². The Bertz CT molecular complexity index is 327. The molecule has 0 aliphatic rings. The quantitative estimate of drug-likeness (QED) is 0.395. The van der Waals surface area contributed by atoms with Gasteiger partial charge in [0, 0.05) is 6.42 Å². The van der Waals surface area contributed by atoms with Gasteiger partial charge in [0.05, 0.1) is 0 Å². The van der Waals surface area contributed by atoms with Crippen molar-refractivity contribution in [1.29, 1.82) is 0 Å². The van der Waals surface area contributed by atoms with Crippen LogP contribution in [0.5, 0.6) is 0 Å². The molecule has 22 heavy (non-hydrogen) atoms. The van der Waals surface area contributed by atoms with Crippen molar-refractivity contribution in [2.24, 2.45) is 11.5 Å². The molecule has 0 aromatic carbocycles. The Morgan fingerprint density at radius 1 is 1.00 bits per heavy atom. The van der Waals surface area contributed by atoms with Gasteiger partial charge in [-0.1, -0.05) is 6.42 Å². The normalized spacial score (nSPS) is 12.8. The number of unbranched alkanes of at least 4 members (excludes halogenated alkanes) is 3. The van der Waals surface area contributed by atoms with E-state index < -0.39 is 11.6 Å². The van der Waals surface area contributed by atoms with Crippen LogP contribution in [0, 0.1) is 0 Å². The minimum Gasteiger partial charge on any atom is -0.458 e. The van der Waals surface area contributed by atoms with E-state index in [4.69, 9.17) is 16.2 Å². The number of amides is 1. The highest BCUT2D eigenvalue weighted by atomic mass is 16.6. The maximum atomic E-state index is 12.2. The number of nitrogens with two attached hydrogens (primary N) is 2. The number of ether oxygens (including phenoxy) is 1. The Morgan fingerprint density at radius 3 is 2.14 bits per heavy atom. The van der Waals surface area contributed by atoms with Gasteiger partial charge >= 0.3 is 5.97 Å². The summed E-state index contributed by atoms with van der Waals surface area (Å²) in [6, 6.07) is -0.590. The zero-order valence-electron chi connectivity index (χ0n) is 14.3. The van der Waals surface area contributed by atoms with E-state index in [9.17, 15) is 9.59 Å². The summed E-state index contributed by atoms with van der Waals surface area (Å²) in [5.41, 5.74) is 10.3. The zero-order valence-corrected chi connectivity index (χ0v) is 14.3. The predicted molar refractivity (Wildman–Crippen MR) is 88.2 cm³/mol. The van der Waals surface area contributed by atoms with Crippen molar-refractivity contribution in [3.8, 4) is 0 Å². The summed E-state index contributed by atoms with van der Waals surface area (Å²) in [5.74, 6) is -0.486. The molecule has 0 saturated heterocycles. The molecule has 130 valence electrons. The van der Waals surface area contributed by atoms with Crippen molar-refractivity contribution in [1.82, 2.24) is 5.32 Å². The SMILES string of the molecule is CC(C)(C)OC(=O)C(CCCCN)NC(=O)CCCCCN. The van der Waals surface area contributed by atoms with Gasteiger partial charge in [-0.05, 0) is 66.0 Å². The lowest BCUT2D eigenvalue weighted by Crippen LogP contribution is -2.44. The molecule has 5 N–H and O–H groups in total. The molecule has 0 bridgehead atoms. The molecule has 0 saturated carbocycles. The molecule has 0 radical (unpaired) electrons. The fourth-order valence-corrected chi connectivity index (χ4v) is 1.99. The third-order valence-corrected chi connectivity index (χ3v) is 3.08. The first-order valence-electron chi connectivity index (χ1n) is 8.22. The average molecular weight is 315 g/mol. The van der Waals surface area contributed by atoms with Gasteiger partial charge in [0.1, 0.15) is 11.6 Å². The van der Waals surface area contributed by atoms with Gasteiger partial charge in [0.15, 0.2) is 0 Å². The zero-order chi connectivity index (χ0) is 17.0. The maximum absolute atomic E-state index is 12.2.